The monoisotopic (exact) mass is 343 g/mol. The second-order valence-corrected chi connectivity index (χ2v) is 6.32. The molecule has 0 atom stereocenters. The Labute approximate surface area is 146 Å². The van der Waals surface area contributed by atoms with Gasteiger partial charge >= 0.3 is 0 Å². The van der Waals surface area contributed by atoms with E-state index in [0.717, 1.165) is 32.7 Å². The maximum Gasteiger partial charge on any atom is 0.258 e. The van der Waals surface area contributed by atoms with Gasteiger partial charge in [0.25, 0.3) is 5.56 Å². The first-order valence-electron chi connectivity index (χ1n) is 8.90. The molecule has 0 saturated carbocycles. The number of H-pyrrole nitrogens is 1. The van der Waals surface area contributed by atoms with Crippen LogP contribution in [0.25, 0.3) is 10.9 Å². The van der Waals surface area contributed by atoms with Gasteiger partial charge in [-0.25, -0.2) is 4.98 Å². The molecule has 1 aliphatic heterocycles. The number of fused-ring (bicyclic) bond motifs is 1. The molecule has 2 aromatic rings. The summed E-state index contributed by atoms with van der Waals surface area (Å²) >= 11 is 0. The van der Waals surface area contributed by atoms with Gasteiger partial charge in [-0.05, 0) is 18.6 Å². The lowest BCUT2D eigenvalue weighted by Crippen LogP contribution is -2.46. The Bertz CT molecular complexity index is 767. The van der Waals surface area contributed by atoms with Gasteiger partial charge in [-0.1, -0.05) is 12.1 Å². The van der Waals surface area contributed by atoms with Crippen LogP contribution in [-0.2, 0) is 11.2 Å². The lowest BCUT2D eigenvalue weighted by atomic mass is 10.2. The molecular formula is C18H25N5O2. The smallest absolute Gasteiger partial charge is 0.258 e. The van der Waals surface area contributed by atoms with Crippen molar-refractivity contribution in [3.8, 4) is 0 Å². The minimum absolute atomic E-state index is 0.0540. The number of hydrogen-bond acceptors (Lipinski definition) is 5. The van der Waals surface area contributed by atoms with Crippen molar-refractivity contribution in [2.75, 3.05) is 39.3 Å². The van der Waals surface area contributed by atoms with E-state index in [9.17, 15) is 9.59 Å². The SMILES string of the molecule is O=C(CCCc1nc2ccccc2c(=O)[nH]1)NCCN1CCNCC1. The molecule has 3 rings (SSSR count). The summed E-state index contributed by atoms with van der Waals surface area (Å²) in [5.41, 5.74) is 0.572. The fourth-order valence-electron chi connectivity index (χ4n) is 3.05. The van der Waals surface area contributed by atoms with Crippen LogP contribution in [0.2, 0.25) is 0 Å². The predicted octanol–water partition coefficient (Wildman–Crippen LogP) is 0.267. The van der Waals surface area contributed by atoms with E-state index in [-0.39, 0.29) is 11.5 Å². The number of aryl methyl sites for hydroxylation is 1. The molecule has 1 aromatic carbocycles. The Morgan fingerprint density at radius 1 is 1.24 bits per heavy atom. The third kappa shape index (κ3) is 5.11. The fourth-order valence-corrected chi connectivity index (χ4v) is 3.05. The molecule has 1 saturated heterocycles. The van der Waals surface area contributed by atoms with E-state index in [4.69, 9.17) is 0 Å². The van der Waals surface area contributed by atoms with Crippen molar-refractivity contribution in [3.63, 3.8) is 0 Å². The third-order valence-electron chi connectivity index (χ3n) is 4.44. The van der Waals surface area contributed by atoms with E-state index in [1.807, 2.05) is 18.2 Å². The predicted molar refractivity (Wildman–Crippen MR) is 97.6 cm³/mol. The zero-order valence-corrected chi connectivity index (χ0v) is 14.4. The van der Waals surface area contributed by atoms with Gasteiger partial charge in [-0.3, -0.25) is 14.5 Å². The number of carbonyl (C=O) groups is 1. The van der Waals surface area contributed by atoms with Crippen LogP contribution in [0, 0.1) is 0 Å². The van der Waals surface area contributed by atoms with Crippen LogP contribution >= 0.6 is 0 Å². The standard InChI is InChI=1S/C18H25N5O2/c24-17(20-10-13-23-11-8-19-9-12-23)7-3-6-16-21-15-5-2-1-4-14(15)18(25)22-16/h1-2,4-5,19H,3,6-13H2,(H,20,24)(H,21,22,25). The minimum atomic E-state index is -0.124. The highest BCUT2D eigenvalue weighted by molar-refractivity contribution is 5.77. The van der Waals surface area contributed by atoms with Crippen LogP contribution in [0.3, 0.4) is 0 Å². The van der Waals surface area contributed by atoms with Crippen LogP contribution < -0.4 is 16.2 Å². The highest BCUT2D eigenvalue weighted by Crippen LogP contribution is 2.07. The Morgan fingerprint density at radius 2 is 2.04 bits per heavy atom. The Balaban J connectivity index is 1.40. The molecule has 2 heterocycles. The van der Waals surface area contributed by atoms with Crippen LogP contribution in [0.1, 0.15) is 18.7 Å². The topological polar surface area (TPSA) is 90.1 Å². The summed E-state index contributed by atoms with van der Waals surface area (Å²) < 4.78 is 0. The molecule has 1 fully saturated rings. The molecule has 0 spiro atoms. The summed E-state index contributed by atoms with van der Waals surface area (Å²) in [6, 6.07) is 7.28. The molecule has 1 amide bonds. The van der Waals surface area contributed by atoms with E-state index in [1.54, 1.807) is 6.07 Å². The van der Waals surface area contributed by atoms with Gasteiger partial charge in [0.05, 0.1) is 10.9 Å². The number of nitrogens with zero attached hydrogens (tertiary/aromatic N) is 2. The first kappa shape index (κ1) is 17.6. The molecule has 0 aliphatic carbocycles. The van der Waals surface area contributed by atoms with Gasteiger partial charge in [-0.2, -0.15) is 0 Å². The number of nitrogens with one attached hydrogen (secondary N) is 3. The summed E-state index contributed by atoms with van der Waals surface area (Å²) in [4.78, 5) is 33.5. The van der Waals surface area contributed by atoms with Crippen molar-refractivity contribution in [1.82, 2.24) is 25.5 Å². The molecule has 7 nitrogen and oxygen atoms in total. The largest absolute Gasteiger partial charge is 0.355 e. The third-order valence-corrected chi connectivity index (χ3v) is 4.44. The summed E-state index contributed by atoms with van der Waals surface area (Å²) in [6.07, 6.45) is 1.70. The van der Waals surface area contributed by atoms with Crippen LogP contribution in [0.4, 0.5) is 0 Å². The maximum absolute atomic E-state index is 12.0. The molecule has 0 radical (unpaired) electrons. The highest BCUT2D eigenvalue weighted by Gasteiger charge is 2.09. The Kier molecular flexibility index (Phi) is 6.14. The number of para-hydroxylation sites is 1. The van der Waals surface area contributed by atoms with E-state index in [1.165, 1.54) is 0 Å². The lowest BCUT2D eigenvalue weighted by molar-refractivity contribution is -0.121. The van der Waals surface area contributed by atoms with Gasteiger partial charge in [-0.15, -0.1) is 0 Å². The molecular weight excluding hydrogens is 318 g/mol. The minimum Gasteiger partial charge on any atom is -0.355 e. The van der Waals surface area contributed by atoms with Crippen LogP contribution in [0.15, 0.2) is 29.1 Å². The van der Waals surface area contributed by atoms with Crippen LogP contribution in [-0.4, -0.2) is 60.0 Å². The zero-order valence-electron chi connectivity index (χ0n) is 14.4. The number of hydrogen-bond donors (Lipinski definition) is 3. The van der Waals surface area contributed by atoms with Gasteiger partial charge < -0.3 is 15.6 Å². The number of piperazine rings is 1. The Morgan fingerprint density at radius 3 is 2.88 bits per heavy atom. The molecule has 3 N–H and O–H groups in total. The summed E-state index contributed by atoms with van der Waals surface area (Å²) in [6.45, 7) is 5.69. The quantitative estimate of drug-likeness (QED) is 0.671. The molecule has 1 aliphatic rings. The second kappa shape index (κ2) is 8.73. The fraction of sp³-hybridized carbons (Fsp3) is 0.500. The van der Waals surface area contributed by atoms with E-state index in [2.05, 4.69) is 25.5 Å². The molecule has 7 heteroatoms. The summed E-state index contributed by atoms with van der Waals surface area (Å²) in [7, 11) is 0. The van der Waals surface area contributed by atoms with E-state index >= 15 is 0 Å². The van der Waals surface area contributed by atoms with Crippen molar-refractivity contribution in [2.45, 2.75) is 19.3 Å². The first-order chi connectivity index (χ1) is 12.2. The number of carbonyl (C=O) groups excluding carboxylic acids is 1. The van der Waals surface area contributed by atoms with E-state index in [0.29, 0.717) is 42.5 Å². The van der Waals surface area contributed by atoms with Crippen molar-refractivity contribution in [3.05, 3.63) is 40.4 Å². The number of rotatable bonds is 7. The second-order valence-electron chi connectivity index (χ2n) is 6.32. The molecule has 25 heavy (non-hydrogen) atoms. The first-order valence-corrected chi connectivity index (χ1v) is 8.90. The summed E-state index contributed by atoms with van der Waals surface area (Å²) in [5.74, 6) is 0.690. The van der Waals surface area contributed by atoms with Crippen molar-refractivity contribution < 1.29 is 4.79 Å². The van der Waals surface area contributed by atoms with Gasteiger partial charge in [0, 0.05) is 52.1 Å². The lowest BCUT2D eigenvalue weighted by Gasteiger charge is -2.27. The van der Waals surface area contributed by atoms with Crippen molar-refractivity contribution in [2.24, 2.45) is 0 Å². The number of amides is 1. The zero-order chi connectivity index (χ0) is 17.5. The van der Waals surface area contributed by atoms with Gasteiger partial charge in [0.2, 0.25) is 5.91 Å². The van der Waals surface area contributed by atoms with E-state index < -0.39 is 0 Å². The number of aromatic amines is 1. The number of aromatic nitrogens is 2. The number of benzene rings is 1. The summed E-state index contributed by atoms with van der Waals surface area (Å²) in [5, 5.41) is 6.87. The molecule has 134 valence electrons. The molecule has 1 aromatic heterocycles. The van der Waals surface area contributed by atoms with Crippen LogP contribution in [0.5, 0.6) is 0 Å². The van der Waals surface area contributed by atoms with Crippen molar-refractivity contribution >= 4 is 16.8 Å². The average Bonchev–Trinajstić information content (AvgIpc) is 2.63. The molecule has 0 unspecified atom stereocenters. The highest BCUT2D eigenvalue weighted by atomic mass is 16.1. The maximum atomic E-state index is 12.0. The van der Waals surface area contributed by atoms with Gasteiger partial charge in [0.15, 0.2) is 0 Å². The normalized spacial score (nSPS) is 15.4. The van der Waals surface area contributed by atoms with Gasteiger partial charge in [0.1, 0.15) is 5.82 Å². The molecule has 0 bridgehead atoms. The van der Waals surface area contributed by atoms with Crippen molar-refractivity contribution in [1.29, 1.82) is 0 Å². The average molecular weight is 343 g/mol. The Hall–Kier alpha value is -2.25.